The number of aromatic nitrogens is 2. The number of hydrogen-bond acceptors (Lipinski definition) is 5. The van der Waals surface area contributed by atoms with Gasteiger partial charge in [0.2, 0.25) is 0 Å². The molecule has 1 unspecified atom stereocenters. The van der Waals surface area contributed by atoms with Crippen LogP contribution < -0.4 is 15.0 Å². The first-order valence-electron chi connectivity index (χ1n) is 10.0. The lowest BCUT2D eigenvalue weighted by atomic mass is 9.85. The minimum Gasteiger partial charge on any atom is -0.497 e. The molecule has 2 N–H and O–H groups in total. The lowest BCUT2D eigenvalue weighted by Crippen LogP contribution is -2.22. The van der Waals surface area contributed by atoms with Gasteiger partial charge in [-0.1, -0.05) is 30.3 Å². The molecule has 1 aliphatic heterocycles. The standard InChI is InChI=1S/C24H24N2O5/c1-29-18-9-7-15(8-10-18)11-20-23(24(28)26-25-20)19(13-22(27)30-2)17-12-16-5-3-4-6-21(16)31-14-17/h3-10,12,19H,11,13-14H2,1-2H3,(H2,25,26,28). The number of esters is 1. The smallest absolute Gasteiger partial charge is 0.306 e. The van der Waals surface area contributed by atoms with Crippen LogP contribution in [-0.4, -0.2) is 37.0 Å². The van der Waals surface area contributed by atoms with Gasteiger partial charge in [0.25, 0.3) is 5.56 Å². The summed E-state index contributed by atoms with van der Waals surface area (Å²) < 4.78 is 16.0. The number of carbonyl (C=O) groups is 1. The number of aromatic amines is 2. The fraction of sp³-hybridized carbons (Fsp3) is 0.250. The Kier molecular flexibility index (Phi) is 5.93. The van der Waals surface area contributed by atoms with Crippen molar-refractivity contribution in [2.75, 3.05) is 20.8 Å². The predicted molar refractivity (Wildman–Crippen MR) is 117 cm³/mol. The fourth-order valence-electron chi connectivity index (χ4n) is 3.86. The minimum atomic E-state index is -0.468. The monoisotopic (exact) mass is 420 g/mol. The van der Waals surface area contributed by atoms with Gasteiger partial charge in [-0.15, -0.1) is 0 Å². The van der Waals surface area contributed by atoms with Crippen molar-refractivity contribution in [1.29, 1.82) is 0 Å². The largest absolute Gasteiger partial charge is 0.497 e. The van der Waals surface area contributed by atoms with Crippen LogP contribution in [0.15, 0.2) is 58.9 Å². The molecule has 0 bridgehead atoms. The van der Waals surface area contributed by atoms with E-state index in [2.05, 4.69) is 10.2 Å². The maximum Gasteiger partial charge on any atom is 0.306 e. The van der Waals surface area contributed by atoms with Crippen molar-refractivity contribution in [3.05, 3.63) is 86.8 Å². The van der Waals surface area contributed by atoms with E-state index in [0.717, 1.165) is 33.9 Å². The number of fused-ring (bicyclic) bond motifs is 1. The molecule has 0 saturated heterocycles. The quantitative estimate of drug-likeness (QED) is 0.571. The van der Waals surface area contributed by atoms with Crippen LogP contribution >= 0.6 is 0 Å². The molecule has 160 valence electrons. The third-order valence-electron chi connectivity index (χ3n) is 5.49. The van der Waals surface area contributed by atoms with E-state index in [9.17, 15) is 9.59 Å². The summed E-state index contributed by atoms with van der Waals surface area (Å²) in [4.78, 5) is 25.0. The highest BCUT2D eigenvalue weighted by atomic mass is 16.5. The number of rotatable bonds is 7. The molecule has 1 aromatic heterocycles. The molecule has 7 nitrogen and oxygen atoms in total. The Morgan fingerprint density at radius 1 is 1.10 bits per heavy atom. The van der Waals surface area contributed by atoms with Crippen molar-refractivity contribution in [2.24, 2.45) is 0 Å². The van der Waals surface area contributed by atoms with Crippen molar-refractivity contribution in [3.8, 4) is 11.5 Å². The Balaban J connectivity index is 1.72. The van der Waals surface area contributed by atoms with E-state index < -0.39 is 5.92 Å². The van der Waals surface area contributed by atoms with E-state index in [4.69, 9.17) is 14.2 Å². The van der Waals surface area contributed by atoms with Crippen LogP contribution in [0.25, 0.3) is 6.08 Å². The normalized spacial score (nSPS) is 13.5. The summed E-state index contributed by atoms with van der Waals surface area (Å²) in [5.74, 6) is 0.688. The average molecular weight is 420 g/mol. The van der Waals surface area contributed by atoms with Crippen molar-refractivity contribution in [1.82, 2.24) is 10.2 Å². The summed E-state index contributed by atoms with van der Waals surface area (Å²) in [5.41, 5.74) is 3.78. The minimum absolute atomic E-state index is 0.0460. The molecule has 0 fully saturated rings. The second kappa shape index (κ2) is 8.95. The van der Waals surface area contributed by atoms with Gasteiger partial charge in [-0.2, -0.15) is 0 Å². The van der Waals surface area contributed by atoms with E-state index in [1.165, 1.54) is 7.11 Å². The Bertz CT molecular complexity index is 1160. The van der Waals surface area contributed by atoms with E-state index in [1.54, 1.807) is 7.11 Å². The first-order chi connectivity index (χ1) is 15.1. The Labute approximate surface area is 179 Å². The lowest BCUT2D eigenvalue weighted by Gasteiger charge is -2.24. The topological polar surface area (TPSA) is 93.4 Å². The fourth-order valence-corrected chi connectivity index (χ4v) is 3.86. The van der Waals surface area contributed by atoms with Crippen molar-refractivity contribution in [2.45, 2.75) is 18.8 Å². The second-order valence-electron chi connectivity index (χ2n) is 7.37. The number of para-hydroxylation sites is 1. The molecule has 0 saturated carbocycles. The Morgan fingerprint density at radius 2 is 1.87 bits per heavy atom. The molecule has 0 amide bonds. The van der Waals surface area contributed by atoms with Gasteiger partial charge in [0.1, 0.15) is 18.1 Å². The zero-order valence-corrected chi connectivity index (χ0v) is 17.4. The van der Waals surface area contributed by atoms with Crippen LogP contribution in [0.4, 0.5) is 0 Å². The van der Waals surface area contributed by atoms with Gasteiger partial charge in [-0.25, -0.2) is 0 Å². The molecule has 0 aliphatic carbocycles. The molecule has 2 heterocycles. The number of nitrogens with one attached hydrogen (secondary N) is 2. The zero-order valence-electron chi connectivity index (χ0n) is 17.4. The first-order valence-corrected chi connectivity index (χ1v) is 10.0. The zero-order chi connectivity index (χ0) is 21.8. The van der Waals surface area contributed by atoms with Crippen LogP contribution in [0.1, 0.15) is 34.7 Å². The molecule has 2 aromatic carbocycles. The van der Waals surface area contributed by atoms with E-state index >= 15 is 0 Å². The highest BCUT2D eigenvalue weighted by Crippen LogP contribution is 2.35. The maximum absolute atomic E-state index is 12.8. The molecular formula is C24H24N2O5. The number of benzene rings is 2. The first kappa shape index (κ1) is 20.5. The van der Waals surface area contributed by atoms with Crippen LogP contribution in [0.2, 0.25) is 0 Å². The SMILES string of the molecule is COC(=O)CC(C1=Cc2ccccc2OC1)c1c(Cc2ccc(OC)cc2)[nH][nH]c1=O. The van der Waals surface area contributed by atoms with E-state index in [0.29, 0.717) is 18.6 Å². The number of hydrogen-bond donors (Lipinski definition) is 2. The highest BCUT2D eigenvalue weighted by Gasteiger charge is 2.29. The summed E-state index contributed by atoms with van der Waals surface area (Å²) >= 11 is 0. The summed E-state index contributed by atoms with van der Waals surface area (Å²) in [6, 6.07) is 15.3. The van der Waals surface area contributed by atoms with Gasteiger partial charge in [0, 0.05) is 29.2 Å². The van der Waals surface area contributed by atoms with Crippen molar-refractivity contribution < 1.29 is 19.0 Å². The summed E-state index contributed by atoms with van der Waals surface area (Å²) in [6.07, 6.45) is 2.54. The third kappa shape index (κ3) is 4.40. The van der Waals surface area contributed by atoms with E-state index in [-0.39, 0.29) is 17.9 Å². The van der Waals surface area contributed by atoms with Crippen molar-refractivity contribution in [3.63, 3.8) is 0 Å². The molecular weight excluding hydrogens is 396 g/mol. The Morgan fingerprint density at radius 3 is 2.61 bits per heavy atom. The molecule has 0 radical (unpaired) electrons. The molecule has 4 rings (SSSR count). The summed E-state index contributed by atoms with van der Waals surface area (Å²) in [7, 11) is 2.96. The van der Waals surface area contributed by atoms with Gasteiger partial charge in [-0.3, -0.25) is 14.7 Å². The maximum atomic E-state index is 12.8. The van der Waals surface area contributed by atoms with Crippen LogP contribution in [-0.2, 0) is 16.0 Å². The van der Waals surface area contributed by atoms with Crippen molar-refractivity contribution >= 4 is 12.0 Å². The average Bonchev–Trinajstić information content (AvgIpc) is 3.17. The molecule has 31 heavy (non-hydrogen) atoms. The van der Waals surface area contributed by atoms with Crippen LogP contribution in [0.5, 0.6) is 11.5 Å². The number of methoxy groups -OCH3 is 2. The second-order valence-corrected chi connectivity index (χ2v) is 7.37. The molecule has 1 aliphatic rings. The Hall–Kier alpha value is -3.74. The molecule has 1 atom stereocenters. The number of carbonyl (C=O) groups excluding carboxylic acids is 1. The molecule has 0 spiro atoms. The predicted octanol–water partition coefficient (Wildman–Crippen LogP) is 3.43. The summed E-state index contributed by atoms with van der Waals surface area (Å²) in [6.45, 7) is 0.297. The highest BCUT2D eigenvalue weighted by molar-refractivity contribution is 5.73. The summed E-state index contributed by atoms with van der Waals surface area (Å²) in [5, 5.41) is 5.68. The van der Waals surface area contributed by atoms with Crippen LogP contribution in [0.3, 0.4) is 0 Å². The van der Waals surface area contributed by atoms with Gasteiger partial charge in [0.15, 0.2) is 0 Å². The van der Waals surface area contributed by atoms with Gasteiger partial charge in [0.05, 0.1) is 20.6 Å². The third-order valence-corrected chi connectivity index (χ3v) is 5.49. The molecule has 7 heteroatoms. The number of ether oxygens (including phenoxy) is 3. The van der Waals surface area contributed by atoms with Gasteiger partial charge >= 0.3 is 5.97 Å². The van der Waals surface area contributed by atoms with Crippen LogP contribution in [0, 0.1) is 0 Å². The number of H-pyrrole nitrogens is 2. The molecule has 3 aromatic rings. The van der Waals surface area contributed by atoms with Gasteiger partial charge in [-0.05, 0) is 35.4 Å². The van der Waals surface area contributed by atoms with Gasteiger partial charge < -0.3 is 19.3 Å². The van der Waals surface area contributed by atoms with E-state index in [1.807, 2.05) is 54.6 Å². The lowest BCUT2D eigenvalue weighted by molar-refractivity contribution is -0.140.